The van der Waals surface area contributed by atoms with Gasteiger partial charge in [-0.05, 0) is 50.2 Å². The van der Waals surface area contributed by atoms with E-state index in [1.807, 2.05) is 0 Å². The Bertz CT molecular complexity index is 453. The van der Waals surface area contributed by atoms with Crippen molar-refractivity contribution in [1.82, 2.24) is 5.32 Å². The maximum atomic E-state index is 3.67. The highest BCUT2D eigenvalue weighted by Crippen LogP contribution is 2.37. The second kappa shape index (κ2) is 6.53. The van der Waals surface area contributed by atoms with Crippen LogP contribution in [0.4, 0.5) is 0 Å². The zero-order chi connectivity index (χ0) is 13.9. The monoisotopic (exact) mass is 289 g/mol. The molecule has 2 atom stereocenters. The Hall–Kier alpha value is -0.470. The van der Waals surface area contributed by atoms with Gasteiger partial charge in [-0.25, -0.2) is 0 Å². The van der Waals surface area contributed by atoms with Crippen molar-refractivity contribution in [1.29, 1.82) is 0 Å². The molecule has 110 valence electrons. The summed E-state index contributed by atoms with van der Waals surface area (Å²) in [6.07, 6.45) is 8.39. The summed E-state index contributed by atoms with van der Waals surface area (Å²) in [5.74, 6) is 0.916. The second-order valence-electron chi connectivity index (χ2n) is 6.78. The topological polar surface area (TPSA) is 12.0 Å². The summed E-state index contributed by atoms with van der Waals surface area (Å²) in [7, 11) is 0. The molecule has 2 fully saturated rings. The SMILES string of the molecule is Cc1ccc(SC2CCCC(C)C2)c(CNC2CC2)c1. The predicted molar refractivity (Wildman–Crippen MR) is 88.3 cm³/mol. The van der Waals surface area contributed by atoms with Crippen LogP contribution in [0.25, 0.3) is 0 Å². The number of aryl methyl sites for hydroxylation is 1. The molecule has 2 saturated carbocycles. The third-order valence-electron chi connectivity index (χ3n) is 4.56. The van der Waals surface area contributed by atoms with E-state index in [2.05, 4.69) is 49.1 Å². The normalized spacial score (nSPS) is 26.7. The molecule has 0 aromatic heterocycles. The zero-order valence-electron chi connectivity index (χ0n) is 12.8. The lowest BCUT2D eigenvalue weighted by Crippen LogP contribution is -2.17. The molecule has 0 spiro atoms. The van der Waals surface area contributed by atoms with E-state index in [0.717, 1.165) is 23.8 Å². The van der Waals surface area contributed by atoms with Crippen LogP contribution in [0, 0.1) is 12.8 Å². The summed E-state index contributed by atoms with van der Waals surface area (Å²) in [6.45, 7) is 5.67. The van der Waals surface area contributed by atoms with Crippen LogP contribution in [0.1, 0.15) is 56.6 Å². The van der Waals surface area contributed by atoms with E-state index in [0.29, 0.717) is 0 Å². The molecule has 0 bridgehead atoms. The van der Waals surface area contributed by atoms with Gasteiger partial charge in [0.2, 0.25) is 0 Å². The fraction of sp³-hybridized carbons (Fsp3) is 0.667. The van der Waals surface area contributed by atoms with E-state index < -0.39 is 0 Å². The number of rotatable bonds is 5. The van der Waals surface area contributed by atoms with Crippen LogP contribution < -0.4 is 5.32 Å². The summed E-state index contributed by atoms with van der Waals surface area (Å²) >= 11 is 2.14. The summed E-state index contributed by atoms with van der Waals surface area (Å²) in [6, 6.07) is 7.80. The fourth-order valence-electron chi connectivity index (χ4n) is 3.17. The van der Waals surface area contributed by atoms with E-state index in [9.17, 15) is 0 Å². The Labute approximate surface area is 127 Å². The second-order valence-corrected chi connectivity index (χ2v) is 8.12. The predicted octanol–water partition coefficient (Wildman–Crippen LogP) is 4.92. The highest BCUT2D eigenvalue weighted by Gasteiger charge is 2.22. The molecule has 2 heteroatoms. The van der Waals surface area contributed by atoms with Crippen LogP contribution in [0.2, 0.25) is 0 Å². The Morgan fingerprint density at radius 3 is 2.80 bits per heavy atom. The maximum absolute atomic E-state index is 3.67. The first-order valence-corrected chi connectivity index (χ1v) is 9.08. The molecule has 2 aliphatic rings. The Balaban J connectivity index is 1.66. The minimum atomic E-state index is 0.795. The third kappa shape index (κ3) is 4.02. The maximum Gasteiger partial charge on any atom is 0.0219 e. The molecule has 0 aliphatic heterocycles. The van der Waals surface area contributed by atoms with Gasteiger partial charge < -0.3 is 5.32 Å². The van der Waals surface area contributed by atoms with E-state index in [-0.39, 0.29) is 0 Å². The third-order valence-corrected chi connectivity index (χ3v) is 5.97. The van der Waals surface area contributed by atoms with Crippen molar-refractivity contribution >= 4 is 11.8 Å². The van der Waals surface area contributed by atoms with Crippen LogP contribution in [-0.2, 0) is 6.54 Å². The molecule has 3 rings (SSSR count). The van der Waals surface area contributed by atoms with Gasteiger partial charge >= 0.3 is 0 Å². The van der Waals surface area contributed by atoms with Gasteiger partial charge in [0, 0.05) is 22.7 Å². The molecule has 1 nitrogen and oxygen atoms in total. The van der Waals surface area contributed by atoms with Gasteiger partial charge in [-0.1, -0.05) is 37.5 Å². The van der Waals surface area contributed by atoms with Gasteiger partial charge in [0.1, 0.15) is 0 Å². The van der Waals surface area contributed by atoms with Crippen molar-refractivity contribution < 1.29 is 0 Å². The van der Waals surface area contributed by atoms with Gasteiger partial charge in [0.25, 0.3) is 0 Å². The number of nitrogens with one attached hydrogen (secondary N) is 1. The Morgan fingerprint density at radius 2 is 2.05 bits per heavy atom. The molecule has 2 unspecified atom stereocenters. The zero-order valence-corrected chi connectivity index (χ0v) is 13.6. The Morgan fingerprint density at radius 1 is 1.20 bits per heavy atom. The van der Waals surface area contributed by atoms with E-state index >= 15 is 0 Å². The molecule has 1 aromatic carbocycles. The van der Waals surface area contributed by atoms with E-state index in [4.69, 9.17) is 0 Å². The average Bonchev–Trinajstić information content (AvgIpc) is 3.23. The van der Waals surface area contributed by atoms with Crippen molar-refractivity contribution in [3.8, 4) is 0 Å². The van der Waals surface area contributed by atoms with Gasteiger partial charge in [-0.2, -0.15) is 0 Å². The number of hydrogen-bond donors (Lipinski definition) is 1. The molecule has 0 heterocycles. The van der Waals surface area contributed by atoms with Gasteiger partial charge in [-0.3, -0.25) is 0 Å². The molecular weight excluding hydrogens is 262 g/mol. The number of benzene rings is 1. The van der Waals surface area contributed by atoms with Crippen molar-refractivity contribution in [3.05, 3.63) is 29.3 Å². The summed E-state index contributed by atoms with van der Waals surface area (Å²) in [5, 5.41) is 4.51. The first kappa shape index (κ1) is 14.5. The quantitative estimate of drug-likeness (QED) is 0.826. The summed E-state index contributed by atoms with van der Waals surface area (Å²) in [5.41, 5.74) is 2.90. The highest BCUT2D eigenvalue weighted by atomic mass is 32.2. The van der Waals surface area contributed by atoms with Crippen LogP contribution in [-0.4, -0.2) is 11.3 Å². The lowest BCUT2D eigenvalue weighted by atomic mass is 9.91. The standard InChI is InChI=1S/C18H27NS/c1-13-4-3-5-17(11-13)20-18-9-6-14(2)10-15(18)12-19-16-7-8-16/h6,9-10,13,16-17,19H,3-5,7-8,11-12H2,1-2H3. The minimum absolute atomic E-state index is 0.795. The molecule has 0 radical (unpaired) electrons. The van der Waals surface area contributed by atoms with Crippen LogP contribution in [0.5, 0.6) is 0 Å². The lowest BCUT2D eigenvalue weighted by Gasteiger charge is -2.27. The lowest BCUT2D eigenvalue weighted by molar-refractivity contribution is 0.394. The van der Waals surface area contributed by atoms with E-state index in [1.165, 1.54) is 54.5 Å². The average molecular weight is 289 g/mol. The minimum Gasteiger partial charge on any atom is -0.310 e. The van der Waals surface area contributed by atoms with Crippen molar-refractivity contribution in [2.75, 3.05) is 0 Å². The van der Waals surface area contributed by atoms with Crippen LogP contribution in [0.3, 0.4) is 0 Å². The van der Waals surface area contributed by atoms with Gasteiger partial charge in [0.05, 0.1) is 0 Å². The van der Waals surface area contributed by atoms with Gasteiger partial charge in [0.15, 0.2) is 0 Å². The van der Waals surface area contributed by atoms with Crippen LogP contribution >= 0.6 is 11.8 Å². The smallest absolute Gasteiger partial charge is 0.0219 e. The van der Waals surface area contributed by atoms with E-state index in [1.54, 1.807) is 0 Å². The molecule has 1 aromatic rings. The number of hydrogen-bond acceptors (Lipinski definition) is 2. The molecule has 20 heavy (non-hydrogen) atoms. The fourth-order valence-corrected chi connectivity index (χ4v) is 4.67. The molecule has 0 amide bonds. The molecule has 0 saturated heterocycles. The first-order valence-electron chi connectivity index (χ1n) is 8.20. The number of thioether (sulfide) groups is 1. The molecule has 2 aliphatic carbocycles. The highest BCUT2D eigenvalue weighted by molar-refractivity contribution is 8.00. The summed E-state index contributed by atoms with van der Waals surface area (Å²) in [4.78, 5) is 1.52. The van der Waals surface area contributed by atoms with Crippen molar-refractivity contribution in [3.63, 3.8) is 0 Å². The molecular formula is C18H27NS. The first-order chi connectivity index (χ1) is 9.70. The molecule has 1 N–H and O–H groups in total. The Kier molecular flexibility index (Phi) is 4.72. The van der Waals surface area contributed by atoms with Crippen LogP contribution in [0.15, 0.2) is 23.1 Å². The van der Waals surface area contributed by atoms with Crippen molar-refractivity contribution in [2.24, 2.45) is 5.92 Å². The van der Waals surface area contributed by atoms with Crippen molar-refractivity contribution in [2.45, 2.75) is 75.1 Å². The largest absolute Gasteiger partial charge is 0.310 e. The van der Waals surface area contributed by atoms with Gasteiger partial charge in [-0.15, -0.1) is 11.8 Å². The summed E-state index contributed by atoms with van der Waals surface area (Å²) < 4.78 is 0.